The highest BCUT2D eigenvalue weighted by atomic mass is 15.2. The van der Waals surface area contributed by atoms with E-state index in [1.54, 1.807) is 0 Å². The molecule has 0 atom stereocenters. The lowest BCUT2D eigenvalue weighted by Crippen LogP contribution is -2.39. The summed E-state index contributed by atoms with van der Waals surface area (Å²) in [5.41, 5.74) is 7.65. The molecular weight excluding hydrogens is 248 g/mol. The molecule has 0 bridgehead atoms. The zero-order valence-corrected chi connectivity index (χ0v) is 12.9. The Morgan fingerprint density at radius 3 is 2.45 bits per heavy atom. The zero-order valence-electron chi connectivity index (χ0n) is 12.9. The summed E-state index contributed by atoms with van der Waals surface area (Å²) in [6.07, 6.45) is 6.18. The number of hydrogen-bond donors (Lipinski definition) is 1. The Kier molecular flexibility index (Phi) is 3.35. The second kappa shape index (κ2) is 4.90. The van der Waals surface area contributed by atoms with Crippen molar-refractivity contribution in [3.8, 4) is 0 Å². The van der Waals surface area contributed by atoms with Crippen LogP contribution in [-0.4, -0.2) is 23.1 Å². The molecule has 1 saturated heterocycles. The molecule has 2 heterocycles. The van der Waals surface area contributed by atoms with Gasteiger partial charge in [0.25, 0.3) is 0 Å². The van der Waals surface area contributed by atoms with Gasteiger partial charge in [-0.15, -0.1) is 0 Å². The Bertz CT molecular complexity index is 499. The molecule has 1 aliphatic carbocycles. The lowest BCUT2D eigenvalue weighted by Gasteiger charge is -2.40. The lowest BCUT2D eigenvalue weighted by atomic mass is 9.78. The maximum atomic E-state index is 6.10. The van der Waals surface area contributed by atoms with Crippen LogP contribution in [0.4, 0.5) is 11.6 Å². The molecule has 1 aromatic rings. The Hall–Kier alpha value is -1.32. The Labute approximate surface area is 121 Å². The van der Waals surface area contributed by atoms with Crippen molar-refractivity contribution in [2.75, 3.05) is 23.7 Å². The highest BCUT2D eigenvalue weighted by Crippen LogP contribution is 2.41. The molecule has 1 saturated carbocycles. The van der Waals surface area contributed by atoms with Crippen LogP contribution in [0.25, 0.3) is 0 Å². The summed E-state index contributed by atoms with van der Waals surface area (Å²) < 4.78 is 0. The quantitative estimate of drug-likeness (QED) is 0.919. The Morgan fingerprint density at radius 2 is 1.90 bits per heavy atom. The maximum absolute atomic E-state index is 6.10. The van der Waals surface area contributed by atoms with Crippen LogP contribution in [0.15, 0.2) is 0 Å². The van der Waals surface area contributed by atoms with Gasteiger partial charge >= 0.3 is 0 Å². The van der Waals surface area contributed by atoms with Gasteiger partial charge in [0.05, 0.1) is 0 Å². The molecule has 4 heteroatoms. The van der Waals surface area contributed by atoms with E-state index in [1.165, 1.54) is 32.1 Å². The average Bonchev–Trinajstić information content (AvgIpc) is 3.27. The van der Waals surface area contributed by atoms with Crippen molar-refractivity contribution in [3.63, 3.8) is 0 Å². The fraction of sp³-hybridized carbons (Fsp3) is 0.750. The van der Waals surface area contributed by atoms with Crippen LogP contribution in [0.2, 0.25) is 0 Å². The number of nitrogens with zero attached hydrogens (tertiary/aromatic N) is 3. The molecule has 2 aliphatic rings. The summed E-state index contributed by atoms with van der Waals surface area (Å²) in [7, 11) is 0. The molecule has 110 valence electrons. The first-order chi connectivity index (χ1) is 9.52. The third-order valence-corrected chi connectivity index (χ3v) is 5.24. The second-order valence-electron chi connectivity index (χ2n) is 6.84. The van der Waals surface area contributed by atoms with Crippen LogP contribution >= 0.6 is 0 Å². The molecule has 2 fully saturated rings. The summed E-state index contributed by atoms with van der Waals surface area (Å²) in [6, 6.07) is 0. The predicted octanol–water partition coefficient (Wildman–Crippen LogP) is 3.26. The molecule has 1 aromatic heterocycles. The third kappa shape index (κ3) is 2.48. The maximum Gasteiger partial charge on any atom is 0.137 e. The SMILES string of the molecule is CCC1(C)CCN(c2nc(C3CC3)nc(N)c2C)CC1. The van der Waals surface area contributed by atoms with Gasteiger partial charge in [0.2, 0.25) is 0 Å². The number of rotatable bonds is 3. The van der Waals surface area contributed by atoms with Crippen LogP contribution in [-0.2, 0) is 0 Å². The Morgan fingerprint density at radius 1 is 1.25 bits per heavy atom. The van der Waals surface area contributed by atoms with E-state index in [1.807, 2.05) is 0 Å². The van der Waals surface area contributed by atoms with Crippen molar-refractivity contribution in [2.45, 2.75) is 58.8 Å². The highest BCUT2D eigenvalue weighted by Gasteiger charge is 2.32. The first-order valence-corrected chi connectivity index (χ1v) is 7.91. The van der Waals surface area contributed by atoms with E-state index in [9.17, 15) is 0 Å². The summed E-state index contributed by atoms with van der Waals surface area (Å²) >= 11 is 0. The van der Waals surface area contributed by atoms with Crippen molar-refractivity contribution in [2.24, 2.45) is 5.41 Å². The molecule has 1 aliphatic heterocycles. The van der Waals surface area contributed by atoms with Crippen LogP contribution in [0.5, 0.6) is 0 Å². The minimum atomic E-state index is 0.502. The van der Waals surface area contributed by atoms with Gasteiger partial charge < -0.3 is 10.6 Å². The lowest BCUT2D eigenvalue weighted by molar-refractivity contribution is 0.237. The predicted molar refractivity (Wildman–Crippen MR) is 83.0 cm³/mol. The summed E-state index contributed by atoms with van der Waals surface area (Å²) in [5.74, 6) is 3.27. The van der Waals surface area contributed by atoms with E-state index >= 15 is 0 Å². The molecular formula is C16H26N4. The largest absolute Gasteiger partial charge is 0.383 e. The highest BCUT2D eigenvalue weighted by molar-refractivity contribution is 5.57. The molecule has 0 radical (unpaired) electrons. The minimum Gasteiger partial charge on any atom is -0.383 e. The second-order valence-corrected chi connectivity index (χ2v) is 6.84. The van der Waals surface area contributed by atoms with E-state index in [2.05, 4.69) is 30.7 Å². The molecule has 0 unspecified atom stereocenters. The normalized spacial score (nSPS) is 22.1. The van der Waals surface area contributed by atoms with Gasteiger partial charge in [-0.05, 0) is 38.0 Å². The zero-order chi connectivity index (χ0) is 14.3. The van der Waals surface area contributed by atoms with Gasteiger partial charge in [-0.3, -0.25) is 0 Å². The average molecular weight is 274 g/mol. The van der Waals surface area contributed by atoms with Gasteiger partial charge in [0.1, 0.15) is 17.5 Å². The number of aromatic nitrogens is 2. The van der Waals surface area contributed by atoms with Gasteiger partial charge in [-0.25, -0.2) is 9.97 Å². The van der Waals surface area contributed by atoms with Gasteiger partial charge in [0.15, 0.2) is 0 Å². The minimum absolute atomic E-state index is 0.502. The number of hydrogen-bond acceptors (Lipinski definition) is 4. The first kappa shape index (κ1) is 13.7. The molecule has 0 amide bonds. The van der Waals surface area contributed by atoms with Crippen molar-refractivity contribution >= 4 is 11.6 Å². The third-order valence-electron chi connectivity index (χ3n) is 5.24. The van der Waals surface area contributed by atoms with E-state index in [4.69, 9.17) is 10.7 Å². The number of piperidine rings is 1. The molecule has 0 spiro atoms. The molecule has 20 heavy (non-hydrogen) atoms. The summed E-state index contributed by atoms with van der Waals surface area (Å²) in [5, 5.41) is 0. The molecule has 0 aromatic carbocycles. The van der Waals surface area contributed by atoms with Gasteiger partial charge in [-0.1, -0.05) is 20.3 Å². The van der Waals surface area contributed by atoms with Crippen LogP contribution in [0.3, 0.4) is 0 Å². The monoisotopic (exact) mass is 274 g/mol. The Balaban J connectivity index is 1.83. The summed E-state index contributed by atoms with van der Waals surface area (Å²) in [6.45, 7) is 8.93. The van der Waals surface area contributed by atoms with E-state index in [0.29, 0.717) is 17.2 Å². The van der Waals surface area contributed by atoms with E-state index < -0.39 is 0 Å². The standard InChI is InChI=1S/C16H26N4/c1-4-16(3)7-9-20(10-8-16)15-11(2)13(17)18-14(19-15)12-5-6-12/h12H,4-10H2,1-3H3,(H2,17,18,19). The topological polar surface area (TPSA) is 55.0 Å². The molecule has 4 nitrogen and oxygen atoms in total. The van der Waals surface area contributed by atoms with Crippen LogP contribution < -0.4 is 10.6 Å². The number of anilines is 2. The van der Waals surface area contributed by atoms with E-state index in [-0.39, 0.29) is 0 Å². The van der Waals surface area contributed by atoms with Crippen molar-refractivity contribution in [3.05, 3.63) is 11.4 Å². The van der Waals surface area contributed by atoms with Crippen LogP contribution in [0, 0.1) is 12.3 Å². The van der Waals surface area contributed by atoms with Crippen LogP contribution in [0.1, 0.15) is 63.3 Å². The van der Waals surface area contributed by atoms with Crippen molar-refractivity contribution < 1.29 is 0 Å². The summed E-state index contributed by atoms with van der Waals surface area (Å²) in [4.78, 5) is 11.7. The molecule has 3 rings (SSSR count). The van der Waals surface area contributed by atoms with E-state index in [0.717, 1.165) is 30.3 Å². The van der Waals surface area contributed by atoms with Gasteiger partial charge in [0, 0.05) is 24.6 Å². The smallest absolute Gasteiger partial charge is 0.137 e. The van der Waals surface area contributed by atoms with Crippen molar-refractivity contribution in [1.29, 1.82) is 0 Å². The van der Waals surface area contributed by atoms with Gasteiger partial charge in [-0.2, -0.15) is 0 Å². The molecule has 2 N–H and O–H groups in total. The number of nitrogens with two attached hydrogens (primary N) is 1. The fourth-order valence-electron chi connectivity index (χ4n) is 2.98. The number of nitrogen functional groups attached to an aromatic ring is 1. The fourth-order valence-corrected chi connectivity index (χ4v) is 2.98. The first-order valence-electron chi connectivity index (χ1n) is 7.91. The van der Waals surface area contributed by atoms with Crippen molar-refractivity contribution in [1.82, 2.24) is 9.97 Å².